The van der Waals surface area contributed by atoms with Crippen LogP contribution >= 0.6 is 11.3 Å². The maximum absolute atomic E-state index is 13.2. The van der Waals surface area contributed by atoms with Crippen LogP contribution in [0.1, 0.15) is 5.69 Å². The van der Waals surface area contributed by atoms with Gasteiger partial charge in [0.1, 0.15) is 5.82 Å². The van der Waals surface area contributed by atoms with Gasteiger partial charge in [0.15, 0.2) is 5.82 Å². The van der Waals surface area contributed by atoms with Crippen molar-refractivity contribution in [3.8, 4) is 11.3 Å². The molecule has 0 aliphatic carbocycles. The molecule has 0 aliphatic rings. The maximum Gasteiger partial charge on any atom is 0.249 e. The lowest BCUT2D eigenvalue weighted by atomic mass is 10.2. The van der Waals surface area contributed by atoms with E-state index in [0.29, 0.717) is 11.8 Å². The number of benzene rings is 2. The Morgan fingerprint density at radius 1 is 0.963 bits per heavy atom. The van der Waals surface area contributed by atoms with Gasteiger partial charge in [0.2, 0.25) is 10.9 Å². The molecule has 2 aromatic carbocycles. The molecule has 1 N–H and O–H groups in total. The highest BCUT2D eigenvalue weighted by atomic mass is 32.1. The van der Waals surface area contributed by atoms with Gasteiger partial charge in [-0.25, -0.2) is 18.9 Å². The molecule has 3 aromatic heterocycles. The molecule has 0 radical (unpaired) electrons. The second-order valence-corrected chi connectivity index (χ2v) is 6.87. The van der Waals surface area contributed by atoms with Crippen LogP contribution in [0.2, 0.25) is 0 Å². The van der Waals surface area contributed by atoms with Gasteiger partial charge in [0.05, 0.1) is 22.4 Å². The molecule has 0 fully saturated rings. The number of fused-ring (bicyclic) bond motifs is 2. The van der Waals surface area contributed by atoms with E-state index in [-0.39, 0.29) is 5.82 Å². The molecule has 0 bridgehead atoms. The standard InChI is InChI=1S/C19H13FN6S/c1-11-17(22-15-5-3-2-4-14(15)21-11)23-18-24-19-26(25-18)16(10-27-19)12-6-8-13(20)9-7-12/h2-10H,1H3,(H,22,23,25). The van der Waals surface area contributed by atoms with Gasteiger partial charge in [0.25, 0.3) is 0 Å². The van der Waals surface area contributed by atoms with Gasteiger partial charge in [-0.2, -0.15) is 4.98 Å². The Balaban J connectivity index is 1.53. The number of aryl methyl sites for hydroxylation is 1. The Morgan fingerprint density at radius 3 is 2.48 bits per heavy atom. The second kappa shape index (κ2) is 6.10. The Hall–Kier alpha value is -3.39. The molecule has 132 valence electrons. The van der Waals surface area contributed by atoms with Crippen LogP contribution in [0.25, 0.3) is 27.3 Å². The van der Waals surface area contributed by atoms with Gasteiger partial charge >= 0.3 is 0 Å². The molecule has 5 aromatic rings. The lowest BCUT2D eigenvalue weighted by molar-refractivity contribution is 0.628. The first-order valence-corrected chi connectivity index (χ1v) is 9.16. The second-order valence-electron chi connectivity index (χ2n) is 6.03. The van der Waals surface area contributed by atoms with Crippen molar-refractivity contribution in [2.75, 3.05) is 5.32 Å². The van der Waals surface area contributed by atoms with Crippen LogP contribution in [0.5, 0.6) is 0 Å². The number of rotatable bonds is 3. The normalized spacial score (nSPS) is 11.3. The number of thiazole rings is 1. The van der Waals surface area contributed by atoms with Crippen LogP contribution in [0.3, 0.4) is 0 Å². The molecule has 0 unspecified atom stereocenters. The molecular formula is C19H13FN6S. The van der Waals surface area contributed by atoms with Crippen LogP contribution in [-0.2, 0) is 0 Å². The molecule has 3 heterocycles. The van der Waals surface area contributed by atoms with Gasteiger partial charge in [-0.1, -0.05) is 12.1 Å². The van der Waals surface area contributed by atoms with Gasteiger partial charge in [0, 0.05) is 10.9 Å². The summed E-state index contributed by atoms with van der Waals surface area (Å²) >= 11 is 1.47. The number of halogens is 1. The first-order valence-electron chi connectivity index (χ1n) is 8.28. The quantitative estimate of drug-likeness (QED) is 0.499. The fraction of sp³-hybridized carbons (Fsp3) is 0.0526. The summed E-state index contributed by atoms with van der Waals surface area (Å²) < 4.78 is 14.9. The van der Waals surface area contributed by atoms with E-state index in [2.05, 4.69) is 25.4 Å². The third-order valence-electron chi connectivity index (χ3n) is 4.20. The van der Waals surface area contributed by atoms with Crippen LogP contribution in [0.4, 0.5) is 16.2 Å². The number of nitrogens with one attached hydrogen (secondary N) is 1. The third kappa shape index (κ3) is 2.80. The van der Waals surface area contributed by atoms with Crippen molar-refractivity contribution in [1.82, 2.24) is 24.6 Å². The smallest absolute Gasteiger partial charge is 0.249 e. The molecule has 0 saturated carbocycles. The maximum atomic E-state index is 13.2. The average molecular weight is 376 g/mol. The van der Waals surface area contributed by atoms with E-state index < -0.39 is 0 Å². The lowest BCUT2D eigenvalue weighted by Gasteiger charge is -2.06. The molecular weight excluding hydrogens is 363 g/mol. The summed E-state index contributed by atoms with van der Waals surface area (Å²) in [6.07, 6.45) is 0. The van der Waals surface area contributed by atoms with Crippen molar-refractivity contribution < 1.29 is 4.39 Å². The Bertz CT molecular complexity index is 1270. The van der Waals surface area contributed by atoms with Crippen LogP contribution in [-0.4, -0.2) is 24.6 Å². The number of aromatic nitrogens is 5. The van der Waals surface area contributed by atoms with E-state index in [1.807, 2.05) is 36.6 Å². The van der Waals surface area contributed by atoms with E-state index in [9.17, 15) is 4.39 Å². The summed E-state index contributed by atoms with van der Waals surface area (Å²) in [6.45, 7) is 1.89. The Morgan fingerprint density at radius 2 is 1.70 bits per heavy atom. The predicted molar refractivity (Wildman–Crippen MR) is 104 cm³/mol. The first-order chi connectivity index (χ1) is 13.2. The molecule has 8 heteroatoms. The zero-order valence-electron chi connectivity index (χ0n) is 14.2. The minimum absolute atomic E-state index is 0.267. The summed E-state index contributed by atoms with van der Waals surface area (Å²) in [4.78, 5) is 14.4. The summed E-state index contributed by atoms with van der Waals surface area (Å²) in [5.74, 6) is 0.796. The number of para-hydroxylation sites is 2. The van der Waals surface area contributed by atoms with Crippen molar-refractivity contribution in [1.29, 1.82) is 0 Å². The zero-order valence-corrected chi connectivity index (χ0v) is 15.0. The molecule has 0 atom stereocenters. The summed E-state index contributed by atoms with van der Waals surface area (Å²) in [5.41, 5.74) is 4.15. The van der Waals surface area contributed by atoms with Crippen molar-refractivity contribution in [3.63, 3.8) is 0 Å². The lowest BCUT2D eigenvalue weighted by Crippen LogP contribution is -2.01. The van der Waals surface area contributed by atoms with Crippen LogP contribution in [0.15, 0.2) is 53.9 Å². The van der Waals surface area contributed by atoms with Crippen molar-refractivity contribution >= 4 is 39.1 Å². The van der Waals surface area contributed by atoms with Gasteiger partial charge in [-0.05, 0) is 43.3 Å². The molecule has 5 rings (SSSR count). The predicted octanol–water partition coefficient (Wildman–Crippen LogP) is 4.59. The van der Waals surface area contributed by atoms with Crippen LogP contribution in [0, 0.1) is 12.7 Å². The largest absolute Gasteiger partial charge is 0.306 e. The van der Waals surface area contributed by atoms with Gasteiger partial charge < -0.3 is 5.32 Å². The minimum atomic E-state index is -0.267. The van der Waals surface area contributed by atoms with E-state index in [1.165, 1.54) is 23.5 Å². The molecule has 0 aliphatic heterocycles. The number of hydrogen-bond donors (Lipinski definition) is 1. The number of hydrogen-bond acceptors (Lipinski definition) is 6. The summed E-state index contributed by atoms with van der Waals surface area (Å²) in [5, 5.41) is 9.64. The number of anilines is 2. The van der Waals surface area contributed by atoms with Crippen molar-refractivity contribution in [2.24, 2.45) is 0 Å². The zero-order chi connectivity index (χ0) is 18.4. The molecule has 0 spiro atoms. The van der Waals surface area contributed by atoms with Crippen molar-refractivity contribution in [3.05, 3.63) is 65.4 Å². The summed E-state index contributed by atoms with van der Waals surface area (Å²) in [7, 11) is 0. The summed E-state index contributed by atoms with van der Waals surface area (Å²) in [6, 6.07) is 14.0. The van der Waals surface area contributed by atoms with Gasteiger partial charge in [-0.15, -0.1) is 16.4 Å². The Kier molecular flexibility index (Phi) is 3.58. The first kappa shape index (κ1) is 15.8. The highest BCUT2D eigenvalue weighted by Gasteiger charge is 2.13. The average Bonchev–Trinajstić information content (AvgIpc) is 3.23. The number of nitrogens with zero attached hydrogens (tertiary/aromatic N) is 5. The topological polar surface area (TPSA) is 68.0 Å². The van der Waals surface area contributed by atoms with Crippen molar-refractivity contribution in [2.45, 2.75) is 6.92 Å². The highest BCUT2D eigenvalue weighted by molar-refractivity contribution is 7.15. The van der Waals surface area contributed by atoms with E-state index >= 15 is 0 Å². The fourth-order valence-corrected chi connectivity index (χ4v) is 3.70. The monoisotopic (exact) mass is 376 g/mol. The molecule has 6 nitrogen and oxygen atoms in total. The third-order valence-corrected chi connectivity index (χ3v) is 5.01. The minimum Gasteiger partial charge on any atom is -0.306 e. The Labute approximate surface area is 157 Å². The fourth-order valence-electron chi connectivity index (χ4n) is 2.87. The molecule has 0 amide bonds. The SMILES string of the molecule is Cc1nc2ccccc2nc1Nc1nc2scc(-c3ccc(F)cc3)n2n1. The van der Waals surface area contributed by atoms with Gasteiger partial charge in [-0.3, -0.25) is 0 Å². The molecule has 0 saturated heterocycles. The van der Waals surface area contributed by atoms with E-state index in [4.69, 9.17) is 0 Å². The van der Waals surface area contributed by atoms with E-state index in [1.54, 1.807) is 16.6 Å². The molecule has 27 heavy (non-hydrogen) atoms. The van der Waals surface area contributed by atoms with Crippen LogP contribution < -0.4 is 5.32 Å². The highest BCUT2D eigenvalue weighted by Crippen LogP contribution is 2.27. The van der Waals surface area contributed by atoms with E-state index in [0.717, 1.165) is 32.9 Å².